The number of benzene rings is 2. The molecule has 0 saturated carbocycles. The van der Waals surface area contributed by atoms with Crippen LogP contribution in [0.25, 0.3) is 0 Å². The Morgan fingerprint density at radius 2 is 1.77 bits per heavy atom. The lowest BCUT2D eigenvalue weighted by Crippen LogP contribution is -2.39. The van der Waals surface area contributed by atoms with Gasteiger partial charge in [-0.25, -0.2) is 9.78 Å². The SMILES string of the molecule is CCOC(=O)CNC(=O)NCc1ccc([C@H]2O[C@@H](CSc3ncn[nH]3)[C@@H](C)[C@@H](c3ccc(CO)cc3)O2)cc1. The van der Waals surface area contributed by atoms with E-state index >= 15 is 0 Å². The number of aliphatic hydroxyl groups excluding tert-OH is 1. The fourth-order valence-corrected chi connectivity index (χ4v) is 5.08. The molecule has 1 aliphatic heterocycles. The molecule has 2 heterocycles. The van der Waals surface area contributed by atoms with E-state index in [2.05, 4.69) is 32.7 Å². The van der Waals surface area contributed by atoms with Crippen LogP contribution in [0.3, 0.4) is 0 Å². The van der Waals surface area contributed by atoms with Gasteiger partial charge < -0.3 is 30.0 Å². The van der Waals surface area contributed by atoms with E-state index in [1.54, 1.807) is 18.7 Å². The van der Waals surface area contributed by atoms with Crippen LogP contribution in [0.5, 0.6) is 0 Å². The second-order valence-corrected chi connectivity index (χ2v) is 10.0. The number of rotatable bonds is 11. The molecule has 2 aromatic carbocycles. The zero-order valence-electron chi connectivity index (χ0n) is 21.8. The van der Waals surface area contributed by atoms with Crippen LogP contribution in [0, 0.1) is 5.92 Å². The minimum Gasteiger partial charge on any atom is -0.465 e. The summed E-state index contributed by atoms with van der Waals surface area (Å²) in [5.41, 5.74) is 3.58. The van der Waals surface area contributed by atoms with Crippen LogP contribution in [0.2, 0.25) is 0 Å². The van der Waals surface area contributed by atoms with Crippen molar-refractivity contribution in [2.45, 2.75) is 50.7 Å². The Hall–Kier alpha value is -3.45. The number of thioether (sulfide) groups is 1. The molecule has 39 heavy (non-hydrogen) atoms. The molecule has 4 atom stereocenters. The molecular weight excluding hydrogens is 522 g/mol. The number of nitrogens with one attached hydrogen (secondary N) is 3. The summed E-state index contributed by atoms with van der Waals surface area (Å²) in [4.78, 5) is 27.6. The number of hydrogen-bond acceptors (Lipinski definition) is 9. The zero-order valence-corrected chi connectivity index (χ0v) is 22.6. The first-order valence-corrected chi connectivity index (χ1v) is 13.7. The first kappa shape index (κ1) is 28.6. The molecule has 11 nitrogen and oxygen atoms in total. The smallest absolute Gasteiger partial charge is 0.325 e. The predicted molar refractivity (Wildman–Crippen MR) is 143 cm³/mol. The van der Waals surface area contributed by atoms with Gasteiger partial charge in [0.1, 0.15) is 12.9 Å². The van der Waals surface area contributed by atoms with Crippen LogP contribution in [0.1, 0.15) is 48.5 Å². The predicted octanol–water partition coefficient (Wildman–Crippen LogP) is 3.24. The number of aromatic nitrogens is 3. The molecule has 3 aromatic rings. The number of H-pyrrole nitrogens is 1. The summed E-state index contributed by atoms with van der Waals surface area (Å²) in [7, 11) is 0. The number of carbonyl (C=O) groups is 2. The van der Waals surface area contributed by atoms with E-state index in [4.69, 9.17) is 14.2 Å². The molecule has 4 N–H and O–H groups in total. The van der Waals surface area contributed by atoms with Gasteiger partial charge in [0, 0.05) is 23.8 Å². The quantitative estimate of drug-likeness (QED) is 0.207. The summed E-state index contributed by atoms with van der Waals surface area (Å²) in [6, 6.07) is 14.9. The standard InChI is InChI=1S/C27H33N5O6S/c1-3-36-23(34)13-29-26(35)28-12-18-4-10-21(11-5-18)25-37-22(15-39-27-30-16-31-32-27)17(2)24(38-25)20-8-6-19(14-33)7-9-20/h4-11,16-17,22,24-25,33H,3,12-15H2,1-2H3,(H2,28,29,35)(H,30,31,32)/t17-,22+,24+,25+/m1/s1. The molecule has 4 rings (SSSR count). The van der Waals surface area contributed by atoms with Crippen molar-refractivity contribution < 1.29 is 28.9 Å². The number of ether oxygens (including phenoxy) is 3. The van der Waals surface area contributed by atoms with Gasteiger partial charge in [-0.05, 0) is 23.6 Å². The highest BCUT2D eigenvalue weighted by Crippen LogP contribution is 2.42. The minimum absolute atomic E-state index is 0.0161. The highest BCUT2D eigenvalue weighted by Gasteiger charge is 2.38. The zero-order chi connectivity index (χ0) is 27.6. The highest BCUT2D eigenvalue weighted by molar-refractivity contribution is 7.99. The Morgan fingerprint density at radius 1 is 1.05 bits per heavy atom. The molecule has 1 aromatic heterocycles. The van der Waals surface area contributed by atoms with Gasteiger partial charge in [0.2, 0.25) is 0 Å². The van der Waals surface area contributed by atoms with Gasteiger partial charge in [-0.15, -0.1) is 0 Å². The lowest BCUT2D eigenvalue weighted by Gasteiger charge is -2.41. The van der Waals surface area contributed by atoms with Gasteiger partial charge in [0.15, 0.2) is 11.4 Å². The molecule has 2 amide bonds. The summed E-state index contributed by atoms with van der Waals surface area (Å²) in [6.07, 6.45) is 0.525. The molecule has 12 heteroatoms. The van der Waals surface area contributed by atoms with Gasteiger partial charge in [0.05, 0.1) is 25.4 Å². The molecule has 0 bridgehead atoms. The summed E-state index contributed by atoms with van der Waals surface area (Å²) >= 11 is 1.54. The van der Waals surface area contributed by atoms with Crippen molar-refractivity contribution in [2.75, 3.05) is 18.9 Å². The maximum absolute atomic E-state index is 12.0. The van der Waals surface area contributed by atoms with Gasteiger partial charge in [-0.1, -0.05) is 67.2 Å². The molecule has 0 aliphatic carbocycles. The maximum atomic E-state index is 12.0. The third kappa shape index (κ3) is 8.02. The molecule has 1 aliphatic rings. The molecule has 1 fully saturated rings. The maximum Gasteiger partial charge on any atom is 0.325 e. The van der Waals surface area contributed by atoms with E-state index in [0.717, 1.165) is 27.4 Å². The fourth-order valence-electron chi connectivity index (χ4n) is 4.14. The van der Waals surface area contributed by atoms with E-state index < -0.39 is 18.3 Å². The van der Waals surface area contributed by atoms with E-state index in [9.17, 15) is 14.7 Å². The van der Waals surface area contributed by atoms with Crippen LogP contribution >= 0.6 is 11.8 Å². The molecule has 0 unspecified atom stereocenters. The number of carbonyl (C=O) groups excluding carboxylic acids is 2. The number of nitrogens with zero attached hydrogens (tertiary/aromatic N) is 2. The van der Waals surface area contributed by atoms with E-state index in [-0.39, 0.29) is 44.4 Å². The minimum atomic E-state index is -0.598. The molecule has 208 valence electrons. The van der Waals surface area contributed by atoms with Gasteiger partial charge >= 0.3 is 12.0 Å². The Balaban J connectivity index is 1.41. The lowest BCUT2D eigenvalue weighted by atomic mass is 9.91. The fraction of sp³-hybridized carbons (Fsp3) is 0.407. The molecular formula is C27H33N5O6S. The highest BCUT2D eigenvalue weighted by atomic mass is 32.2. The third-order valence-electron chi connectivity index (χ3n) is 6.30. The van der Waals surface area contributed by atoms with Crippen LogP contribution in [0.4, 0.5) is 4.79 Å². The van der Waals surface area contributed by atoms with Crippen molar-refractivity contribution in [2.24, 2.45) is 5.92 Å². The average Bonchev–Trinajstić information content (AvgIpc) is 3.49. The number of esters is 1. The van der Waals surface area contributed by atoms with Crippen molar-refractivity contribution >= 4 is 23.8 Å². The van der Waals surface area contributed by atoms with Crippen molar-refractivity contribution in [1.82, 2.24) is 25.8 Å². The van der Waals surface area contributed by atoms with E-state index in [1.165, 1.54) is 6.33 Å². The van der Waals surface area contributed by atoms with Gasteiger partial charge in [-0.3, -0.25) is 9.89 Å². The van der Waals surface area contributed by atoms with Crippen LogP contribution in [-0.2, 0) is 32.2 Å². The van der Waals surface area contributed by atoms with Gasteiger partial charge in [0.25, 0.3) is 0 Å². The number of amides is 2. The van der Waals surface area contributed by atoms with Crippen molar-refractivity contribution in [3.8, 4) is 0 Å². The van der Waals surface area contributed by atoms with Crippen LogP contribution < -0.4 is 10.6 Å². The number of aromatic amines is 1. The van der Waals surface area contributed by atoms with E-state index in [0.29, 0.717) is 5.75 Å². The molecule has 0 spiro atoms. The summed E-state index contributed by atoms with van der Waals surface area (Å²) < 4.78 is 17.7. The van der Waals surface area contributed by atoms with Gasteiger partial charge in [-0.2, -0.15) is 5.10 Å². The second kappa shape index (κ2) is 14.1. The summed E-state index contributed by atoms with van der Waals surface area (Å²) in [6.45, 7) is 4.16. The normalized spacial score (nSPS) is 20.8. The Morgan fingerprint density at radius 3 is 2.44 bits per heavy atom. The van der Waals surface area contributed by atoms with E-state index in [1.807, 2.05) is 48.5 Å². The number of hydrogen-bond donors (Lipinski definition) is 4. The Kier molecular flexibility index (Phi) is 10.3. The average molecular weight is 556 g/mol. The topological polar surface area (TPSA) is 148 Å². The molecule has 1 saturated heterocycles. The third-order valence-corrected chi connectivity index (χ3v) is 7.27. The largest absolute Gasteiger partial charge is 0.465 e. The first-order valence-electron chi connectivity index (χ1n) is 12.7. The number of urea groups is 1. The van der Waals surface area contributed by atoms with Crippen molar-refractivity contribution in [1.29, 1.82) is 0 Å². The Labute approximate surface area is 231 Å². The Bertz CT molecular complexity index is 1190. The summed E-state index contributed by atoms with van der Waals surface area (Å²) in [5.74, 6) is 0.219. The lowest BCUT2D eigenvalue weighted by molar-refractivity contribution is -0.268. The van der Waals surface area contributed by atoms with Crippen LogP contribution in [-0.4, -0.2) is 57.3 Å². The first-order chi connectivity index (χ1) is 19.0. The summed E-state index contributed by atoms with van der Waals surface area (Å²) in [5, 5.41) is 22.1. The number of aliphatic hydroxyl groups is 1. The molecule has 0 radical (unpaired) electrons. The monoisotopic (exact) mass is 555 g/mol. The van der Waals surface area contributed by atoms with Crippen molar-refractivity contribution in [3.63, 3.8) is 0 Å². The van der Waals surface area contributed by atoms with Crippen LogP contribution in [0.15, 0.2) is 60.0 Å². The van der Waals surface area contributed by atoms with Crippen molar-refractivity contribution in [3.05, 3.63) is 77.1 Å². The second-order valence-electron chi connectivity index (χ2n) is 9.01.